The third-order valence-electron chi connectivity index (χ3n) is 2.59. The second kappa shape index (κ2) is 5.20. The van der Waals surface area contributed by atoms with Crippen molar-refractivity contribution in [2.45, 2.75) is 12.5 Å². The van der Waals surface area contributed by atoms with Crippen LogP contribution in [0.1, 0.15) is 6.42 Å². The predicted molar refractivity (Wildman–Crippen MR) is 62.5 cm³/mol. The highest BCUT2D eigenvalue weighted by Gasteiger charge is 2.28. The Morgan fingerprint density at radius 2 is 2.19 bits per heavy atom. The first-order chi connectivity index (χ1) is 7.79. The Hall–Kier alpha value is -1.24. The molecule has 1 aliphatic rings. The summed E-state index contributed by atoms with van der Waals surface area (Å²) in [7, 11) is 0. The minimum absolute atomic E-state index is 0.207. The van der Waals surface area contributed by atoms with Gasteiger partial charge in [0, 0.05) is 26.1 Å². The molecule has 0 aliphatic carbocycles. The summed E-state index contributed by atoms with van der Waals surface area (Å²) in [5.74, 6) is 0.745. The second-order valence-corrected chi connectivity index (χ2v) is 4.25. The van der Waals surface area contributed by atoms with Crippen LogP contribution in [0.25, 0.3) is 0 Å². The van der Waals surface area contributed by atoms with Gasteiger partial charge in [0.25, 0.3) is 0 Å². The van der Waals surface area contributed by atoms with Gasteiger partial charge in [-0.05, 0) is 12.1 Å². The smallest absolute Gasteiger partial charge is 0.138 e. The molecule has 0 aromatic heterocycles. The van der Waals surface area contributed by atoms with Crippen LogP contribution in [0.4, 0.5) is 0 Å². The number of rotatable bonds is 4. The molecule has 84 valence electrons. The molecule has 0 spiro atoms. The summed E-state index contributed by atoms with van der Waals surface area (Å²) in [4.78, 5) is 2.20. The van der Waals surface area contributed by atoms with Crippen molar-refractivity contribution < 1.29 is 4.74 Å². The van der Waals surface area contributed by atoms with Crippen molar-refractivity contribution in [1.29, 1.82) is 5.26 Å². The number of nitrogens with zero attached hydrogens (tertiary/aromatic N) is 2. The molecule has 1 saturated heterocycles. The third-order valence-corrected chi connectivity index (χ3v) is 2.91. The normalized spacial score (nSPS) is 16.5. The largest absolute Gasteiger partial charge is 0.486 e. The van der Waals surface area contributed by atoms with Crippen molar-refractivity contribution in [3.05, 3.63) is 29.3 Å². The first kappa shape index (κ1) is 11.3. The van der Waals surface area contributed by atoms with E-state index >= 15 is 0 Å². The molecular weight excluding hydrogens is 224 g/mol. The standard InChI is InChI=1S/C12H13ClN2O/c13-11-4-1-2-5-12(11)16-10-8-15(9-10)7-3-6-14/h1-2,4-5,10H,3,7-9H2. The fourth-order valence-electron chi connectivity index (χ4n) is 1.71. The van der Waals surface area contributed by atoms with Gasteiger partial charge in [-0.1, -0.05) is 23.7 Å². The summed E-state index contributed by atoms with van der Waals surface area (Å²) >= 11 is 5.99. The Balaban J connectivity index is 1.78. The summed E-state index contributed by atoms with van der Waals surface area (Å²) in [6.45, 7) is 2.60. The van der Waals surface area contributed by atoms with E-state index in [1.165, 1.54) is 0 Å². The Bertz CT molecular complexity index is 396. The van der Waals surface area contributed by atoms with Gasteiger partial charge in [-0.3, -0.25) is 4.90 Å². The Kier molecular flexibility index (Phi) is 3.66. The number of hydrogen-bond acceptors (Lipinski definition) is 3. The molecule has 1 fully saturated rings. The highest BCUT2D eigenvalue weighted by Crippen LogP contribution is 2.26. The van der Waals surface area contributed by atoms with E-state index in [4.69, 9.17) is 21.6 Å². The summed E-state index contributed by atoms with van der Waals surface area (Å²) in [5, 5.41) is 9.10. The van der Waals surface area contributed by atoms with Gasteiger partial charge in [0.2, 0.25) is 0 Å². The zero-order chi connectivity index (χ0) is 11.4. The van der Waals surface area contributed by atoms with Gasteiger partial charge in [-0.2, -0.15) is 5.26 Å². The van der Waals surface area contributed by atoms with E-state index in [1.807, 2.05) is 24.3 Å². The van der Waals surface area contributed by atoms with Crippen LogP contribution in [0.2, 0.25) is 5.02 Å². The number of benzene rings is 1. The Labute approximate surface area is 100 Å². The van der Waals surface area contributed by atoms with Crippen molar-refractivity contribution in [2.24, 2.45) is 0 Å². The monoisotopic (exact) mass is 236 g/mol. The molecular formula is C12H13ClN2O. The van der Waals surface area contributed by atoms with Crippen molar-refractivity contribution in [3.8, 4) is 11.8 Å². The van der Waals surface area contributed by atoms with E-state index in [9.17, 15) is 0 Å². The summed E-state index contributed by atoms with van der Waals surface area (Å²) < 4.78 is 5.73. The number of halogens is 1. The zero-order valence-electron chi connectivity index (χ0n) is 8.90. The van der Waals surface area contributed by atoms with Gasteiger partial charge in [-0.15, -0.1) is 0 Å². The van der Waals surface area contributed by atoms with Crippen LogP contribution in [0.15, 0.2) is 24.3 Å². The molecule has 0 saturated carbocycles. The number of para-hydroxylation sites is 1. The molecule has 1 aromatic carbocycles. The van der Waals surface area contributed by atoms with E-state index in [2.05, 4.69) is 11.0 Å². The van der Waals surface area contributed by atoms with Crippen LogP contribution >= 0.6 is 11.6 Å². The average Bonchev–Trinajstić information content (AvgIpc) is 2.24. The fraction of sp³-hybridized carbons (Fsp3) is 0.417. The summed E-state index contributed by atoms with van der Waals surface area (Å²) in [5.41, 5.74) is 0. The maximum Gasteiger partial charge on any atom is 0.138 e. The Morgan fingerprint density at radius 3 is 2.88 bits per heavy atom. The second-order valence-electron chi connectivity index (χ2n) is 3.84. The number of likely N-dealkylation sites (tertiary alicyclic amines) is 1. The minimum atomic E-state index is 0.207. The van der Waals surface area contributed by atoms with Gasteiger partial charge < -0.3 is 4.74 Å². The minimum Gasteiger partial charge on any atom is -0.486 e. The van der Waals surface area contributed by atoms with Crippen molar-refractivity contribution in [1.82, 2.24) is 4.90 Å². The third kappa shape index (κ3) is 2.66. The summed E-state index contributed by atoms with van der Waals surface area (Å²) in [6.07, 6.45) is 0.789. The lowest BCUT2D eigenvalue weighted by molar-refractivity contribution is 0.0216. The van der Waals surface area contributed by atoms with E-state index < -0.39 is 0 Å². The van der Waals surface area contributed by atoms with E-state index in [0.29, 0.717) is 11.4 Å². The number of nitriles is 1. The average molecular weight is 237 g/mol. The maximum atomic E-state index is 8.45. The maximum absolute atomic E-state index is 8.45. The molecule has 16 heavy (non-hydrogen) atoms. The van der Waals surface area contributed by atoms with Crippen LogP contribution in [-0.4, -0.2) is 30.6 Å². The molecule has 1 aliphatic heterocycles. The van der Waals surface area contributed by atoms with E-state index in [0.717, 1.165) is 25.4 Å². The fourth-order valence-corrected chi connectivity index (χ4v) is 1.89. The van der Waals surface area contributed by atoms with Gasteiger partial charge in [-0.25, -0.2) is 0 Å². The topological polar surface area (TPSA) is 36.3 Å². The molecule has 0 N–H and O–H groups in total. The van der Waals surface area contributed by atoms with E-state index in [1.54, 1.807) is 0 Å². The van der Waals surface area contributed by atoms with Gasteiger partial charge in [0.15, 0.2) is 0 Å². The van der Waals surface area contributed by atoms with Gasteiger partial charge in [0.1, 0.15) is 11.9 Å². The molecule has 0 radical (unpaired) electrons. The lowest BCUT2D eigenvalue weighted by atomic mass is 10.1. The molecule has 3 nitrogen and oxygen atoms in total. The highest BCUT2D eigenvalue weighted by molar-refractivity contribution is 6.32. The van der Waals surface area contributed by atoms with Crippen LogP contribution in [0.3, 0.4) is 0 Å². The van der Waals surface area contributed by atoms with Crippen molar-refractivity contribution in [3.63, 3.8) is 0 Å². The molecule has 2 rings (SSSR count). The predicted octanol–water partition coefficient (Wildman–Crippen LogP) is 2.32. The first-order valence-electron chi connectivity index (χ1n) is 5.30. The lowest BCUT2D eigenvalue weighted by Crippen LogP contribution is -2.53. The molecule has 0 atom stereocenters. The molecule has 0 amide bonds. The van der Waals surface area contributed by atoms with Gasteiger partial charge in [0.05, 0.1) is 11.1 Å². The molecule has 1 heterocycles. The highest BCUT2D eigenvalue weighted by atomic mass is 35.5. The van der Waals surface area contributed by atoms with Gasteiger partial charge >= 0.3 is 0 Å². The number of ether oxygens (including phenoxy) is 1. The molecule has 1 aromatic rings. The molecule has 0 bridgehead atoms. The zero-order valence-corrected chi connectivity index (χ0v) is 9.65. The Morgan fingerprint density at radius 1 is 1.44 bits per heavy atom. The molecule has 0 unspecified atom stereocenters. The summed E-state index contributed by atoms with van der Waals surface area (Å²) in [6, 6.07) is 9.63. The SMILES string of the molecule is N#CCCN1CC(Oc2ccccc2Cl)C1. The lowest BCUT2D eigenvalue weighted by Gasteiger charge is -2.38. The van der Waals surface area contributed by atoms with E-state index in [-0.39, 0.29) is 6.10 Å². The number of hydrogen-bond donors (Lipinski definition) is 0. The first-order valence-corrected chi connectivity index (χ1v) is 5.68. The quantitative estimate of drug-likeness (QED) is 0.805. The van der Waals surface area contributed by atoms with Crippen LogP contribution < -0.4 is 4.74 Å². The van der Waals surface area contributed by atoms with Crippen molar-refractivity contribution in [2.75, 3.05) is 19.6 Å². The van der Waals surface area contributed by atoms with Crippen LogP contribution in [0.5, 0.6) is 5.75 Å². The van der Waals surface area contributed by atoms with Crippen LogP contribution in [-0.2, 0) is 0 Å². The molecule has 4 heteroatoms. The van der Waals surface area contributed by atoms with Crippen molar-refractivity contribution >= 4 is 11.6 Å². The van der Waals surface area contributed by atoms with Crippen LogP contribution in [0, 0.1) is 11.3 Å².